The van der Waals surface area contributed by atoms with Gasteiger partial charge in [-0.3, -0.25) is 24.4 Å². The summed E-state index contributed by atoms with van der Waals surface area (Å²) in [4.78, 5) is 39.7. The molecule has 2 atom stereocenters. The fraction of sp³-hybridized carbons (Fsp3) is 0.500. The highest BCUT2D eigenvalue weighted by Crippen LogP contribution is 2.40. The first kappa shape index (κ1) is 32.3. The average Bonchev–Trinajstić information content (AvgIpc) is 3.86. The van der Waals surface area contributed by atoms with Crippen molar-refractivity contribution >= 4 is 34.6 Å². The van der Waals surface area contributed by atoms with E-state index in [1.165, 1.54) is 31.8 Å². The van der Waals surface area contributed by atoms with Crippen LogP contribution in [-0.4, -0.2) is 101 Å². The first-order valence-electron chi connectivity index (χ1n) is 17.3. The number of nitrogens with one attached hydrogen (secondary N) is 2. The summed E-state index contributed by atoms with van der Waals surface area (Å²) in [5.74, 6) is 1.64. The summed E-state index contributed by atoms with van der Waals surface area (Å²) in [5.41, 5.74) is 3.46. The molecule has 5 heterocycles. The lowest BCUT2D eigenvalue weighted by Crippen LogP contribution is -2.57. The number of aromatic nitrogens is 3. The smallest absolute Gasteiger partial charge is 0.247 e. The maximum absolute atomic E-state index is 12.6. The Morgan fingerprint density at radius 3 is 2.65 bits per heavy atom. The van der Waals surface area contributed by atoms with E-state index in [-0.39, 0.29) is 11.9 Å². The lowest BCUT2D eigenvalue weighted by Gasteiger charge is -2.46. The lowest BCUT2D eigenvalue weighted by atomic mass is 9.99. The van der Waals surface area contributed by atoms with Crippen LogP contribution in [0.4, 0.5) is 28.7 Å². The highest BCUT2D eigenvalue weighted by atomic mass is 16.7. The maximum atomic E-state index is 12.6. The van der Waals surface area contributed by atoms with Gasteiger partial charge in [0.25, 0.3) is 0 Å². The minimum absolute atomic E-state index is 0.131. The van der Waals surface area contributed by atoms with Crippen molar-refractivity contribution in [2.24, 2.45) is 0 Å². The van der Waals surface area contributed by atoms with Crippen LogP contribution in [0.5, 0.6) is 5.75 Å². The third-order valence-corrected chi connectivity index (χ3v) is 10.2. The second-order valence-corrected chi connectivity index (χ2v) is 13.3. The number of hydroxylamine groups is 1. The summed E-state index contributed by atoms with van der Waals surface area (Å²) in [6.45, 7) is 12.0. The van der Waals surface area contributed by atoms with Crippen molar-refractivity contribution in [3.63, 3.8) is 0 Å². The highest BCUT2D eigenvalue weighted by Gasteiger charge is 2.37. The van der Waals surface area contributed by atoms with E-state index in [2.05, 4.69) is 59.9 Å². The van der Waals surface area contributed by atoms with E-state index in [9.17, 15) is 4.79 Å². The molecule has 1 amide bonds. The minimum atomic E-state index is -0.264. The van der Waals surface area contributed by atoms with Gasteiger partial charge in [-0.05, 0) is 69.2 Å². The third-order valence-electron chi connectivity index (χ3n) is 10.2. The Morgan fingerprint density at radius 2 is 1.92 bits per heavy atom. The molecule has 1 aliphatic carbocycles. The Morgan fingerprint density at radius 1 is 1.06 bits per heavy atom. The zero-order valence-corrected chi connectivity index (χ0v) is 28.1. The molecule has 2 unspecified atom stereocenters. The van der Waals surface area contributed by atoms with Crippen LogP contribution >= 0.6 is 0 Å². The second kappa shape index (κ2) is 14.5. The molecule has 1 saturated carbocycles. The number of nitrogens with zero attached hydrogens (tertiary/aromatic N) is 7. The monoisotopic (exact) mass is 653 g/mol. The van der Waals surface area contributed by atoms with Crippen molar-refractivity contribution in [2.45, 2.75) is 69.6 Å². The summed E-state index contributed by atoms with van der Waals surface area (Å²) in [6, 6.07) is 12.0. The van der Waals surface area contributed by atoms with Crippen molar-refractivity contribution in [2.75, 3.05) is 67.0 Å². The molecule has 4 fully saturated rings. The van der Waals surface area contributed by atoms with Gasteiger partial charge in [0.2, 0.25) is 5.91 Å². The molecule has 7 rings (SSSR count). The molecule has 0 bridgehead atoms. The van der Waals surface area contributed by atoms with Gasteiger partial charge in [0.05, 0.1) is 36.8 Å². The van der Waals surface area contributed by atoms with Gasteiger partial charge in [-0.25, -0.2) is 15.0 Å². The van der Waals surface area contributed by atoms with Crippen LogP contribution in [0.1, 0.15) is 44.6 Å². The number of piperazine rings is 1. The number of ether oxygens (including phenoxy) is 1. The maximum Gasteiger partial charge on any atom is 0.247 e. The van der Waals surface area contributed by atoms with Crippen molar-refractivity contribution in [3.05, 3.63) is 67.3 Å². The molecule has 3 saturated heterocycles. The van der Waals surface area contributed by atoms with Gasteiger partial charge in [-0.15, -0.1) is 0 Å². The van der Waals surface area contributed by atoms with Gasteiger partial charge in [0, 0.05) is 75.4 Å². The fourth-order valence-electron chi connectivity index (χ4n) is 7.55. The quantitative estimate of drug-likeness (QED) is 0.283. The molecule has 254 valence electrons. The zero-order valence-electron chi connectivity index (χ0n) is 28.1. The zero-order chi connectivity index (χ0) is 33.0. The van der Waals surface area contributed by atoms with Crippen LogP contribution in [0, 0.1) is 0 Å². The van der Waals surface area contributed by atoms with Crippen LogP contribution in [0.25, 0.3) is 0 Å². The second-order valence-electron chi connectivity index (χ2n) is 13.3. The Bertz CT molecular complexity index is 1580. The van der Waals surface area contributed by atoms with E-state index < -0.39 is 0 Å². The molecule has 48 heavy (non-hydrogen) atoms. The molecule has 0 spiro atoms. The standard InChI is InChI=1S/C36H47N9O3/c1-4-36(46)41-30-19-31(40-34-21-35(39-24-38-34)45-29(11-17-48-45)18-26-6-5-12-37-22-26)33(47-3)20-32(30)42-13-9-27(10-14-42)43-15-16-44(25(2)23-43)28-7-8-28/h4-6,12,19-22,24-25,27-29H,1,7-11,13-18,23H2,2-3H3,(H,41,46)(H,38,39,40). The predicted octanol–water partition coefficient (Wildman–Crippen LogP) is 4.64. The molecule has 1 aromatic carbocycles. The topological polar surface area (TPSA) is 111 Å². The molecule has 12 heteroatoms. The van der Waals surface area contributed by atoms with Crippen LogP contribution in [0.3, 0.4) is 0 Å². The summed E-state index contributed by atoms with van der Waals surface area (Å²) in [5, 5.41) is 8.32. The van der Waals surface area contributed by atoms with Crippen molar-refractivity contribution in [1.82, 2.24) is 24.8 Å². The molecule has 4 aliphatic rings. The van der Waals surface area contributed by atoms with Gasteiger partial charge in [-0.2, -0.15) is 0 Å². The van der Waals surface area contributed by atoms with Crippen molar-refractivity contribution < 1.29 is 14.4 Å². The summed E-state index contributed by atoms with van der Waals surface area (Å²) in [7, 11) is 1.66. The third kappa shape index (κ3) is 7.25. The summed E-state index contributed by atoms with van der Waals surface area (Å²) >= 11 is 0. The molecule has 3 aromatic rings. The number of rotatable bonds is 11. The number of pyridine rings is 1. The molecule has 0 radical (unpaired) electrons. The van der Waals surface area contributed by atoms with Gasteiger partial charge >= 0.3 is 0 Å². The number of amides is 1. The number of hydrogen-bond donors (Lipinski definition) is 2. The molecule has 2 N–H and O–H groups in total. The number of anilines is 5. The number of benzene rings is 1. The number of hydrogen-bond acceptors (Lipinski definition) is 11. The van der Waals surface area contributed by atoms with Crippen LogP contribution in [-0.2, 0) is 16.1 Å². The highest BCUT2D eigenvalue weighted by molar-refractivity contribution is 6.02. The number of carbonyl (C=O) groups excluding carboxylic acids is 1. The molecular weight excluding hydrogens is 606 g/mol. The normalized spacial score (nSPS) is 22.5. The van der Waals surface area contributed by atoms with Crippen LogP contribution in [0.15, 0.2) is 61.7 Å². The number of piperidine rings is 1. The Kier molecular flexibility index (Phi) is 9.73. The van der Waals surface area contributed by atoms with Crippen molar-refractivity contribution in [3.8, 4) is 5.75 Å². The Balaban J connectivity index is 1.06. The van der Waals surface area contributed by atoms with Gasteiger partial charge < -0.3 is 20.3 Å². The van der Waals surface area contributed by atoms with Gasteiger partial charge in [0.1, 0.15) is 17.9 Å². The lowest BCUT2D eigenvalue weighted by molar-refractivity contribution is -0.111. The van der Waals surface area contributed by atoms with E-state index in [0.29, 0.717) is 47.5 Å². The van der Waals surface area contributed by atoms with Gasteiger partial charge in [-0.1, -0.05) is 12.6 Å². The first-order chi connectivity index (χ1) is 23.5. The molecule has 12 nitrogen and oxygen atoms in total. The van der Waals surface area contributed by atoms with E-state index >= 15 is 0 Å². The SMILES string of the molecule is C=CC(=O)Nc1cc(Nc2cc(N3OCCC3Cc3cccnc3)ncn2)c(OC)cc1N1CCC(N2CCN(C3CC3)C(C)C2)CC1. The number of carbonyl (C=O) groups is 1. The van der Waals surface area contributed by atoms with E-state index in [0.717, 1.165) is 69.2 Å². The fourth-order valence-corrected chi connectivity index (χ4v) is 7.55. The first-order valence-corrected chi connectivity index (χ1v) is 17.3. The molecule has 2 aromatic heterocycles. The Hall–Kier alpha value is -4.26. The van der Waals surface area contributed by atoms with E-state index in [1.54, 1.807) is 13.3 Å². The minimum Gasteiger partial charge on any atom is -0.494 e. The van der Waals surface area contributed by atoms with E-state index in [4.69, 9.17) is 9.57 Å². The van der Waals surface area contributed by atoms with E-state index in [1.807, 2.05) is 35.5 Å². The predicted molar refractivity (Wildman–Crippen MR) is 188 cm³/mol. The summed E-state index contributed by atoms with van der Waals surface area (Å²) in [6.07, 6.45) is 13.1. The van der Waals surface area contributed by atoms with Crippen LogP contribution in [0.2, 0.25) is 0 Å². The van der Waals surface area contributed by atoms with Gasteiger partial charge in [0.15, 0.2) is 5.82 Å². The molecule has 3 aliphatic heterocycles. The van der Waals surface area contributed by atoms with Crippen molar-refractivity contribution in [1.29, 1.82) is 0 Å². The van der Waals surface area contributed by atoms with Crippen LogP contribution < -0.4 is 25.3 Å². The Labute approximate surface area is 283 Å². The summed E-state index contributed by atoms with van der Waals surface area (Å²) < 4.78 is 5.89. The number of methoxy groups -OCH3 is 1. The molecular formula is C36H47N9O3. The average molecular weight is 654 g/mol. The largest absolute Gasteiger partial charge is 0.494 e.